The summed E-state index contributed by atoms with van der Waals surface area (Å²) in [5.74, 6) is 2.20. The van der Waals surface area contributed by atoms with Crippen molar-refractivity contribution in [3.8, 4) is 0 Å². The second kappa shape index (κ2) is 7.55. The fourth-order valence-electron chi connectivity index (χ4n) is 2.70. The Kier molecular flexibility index (Phi) is 5.23. The number of hydrogen-bond acceptors (Lipinski definition) is 1. The van der Waals surface area contributed by atoms with Crippen LogP contribution in [0.3, 0.4) is 0 Å². The second-order valence-corrected chi connectivity index (χ2v) is 8.57. The van der Waals surface area contributed by atoms with Gasteiger partial charge in [0.05, 0.1) is 5.54 Å². The number of benzene rings is 3. The first kappa shape index (κ1) is 16.6. The van der Waals surface area contributed by atoms with Crippen LogP contribution in [-0.4, -0.2) is 5.96 Å². The molecule has 0 atom stereocenters. The average molecular weight is 332 g/mol. The molecule has 0 bridgehead atoms. The molecule has 0 aliphatic rings. The van der Waals surface area contributed by atoms with Gasteiger partial charge in [-0.2, -0.15) is 0 Å². The lowest BCUT2D eigenvalue weighted by Crippen LogP contribution is -2.17. The van der Waals surface area contributed by atoms with Gasteiger partial charge >= 0.3 is 0 Å². The molecule has 0 radical (unpaired) electrons. The predicted molar refractivity (Wildman–Crippen MR) is 108 cm³/mol. The summed E-state index contributed by atoms with van der Waals surface area (Å²) in [4.78, 5) is 5.00. The lowest BCUT2D eigenvalue weighted by atomic mass is 9.95. The van der Waals surface area contributed by atoms with Crippen molar-refractivity contribution in [3.05, 3.63) is 96.6 Å². The predicted octanol–water partition coefficient (Wildman–Crippen LogP) is 4.82. The molecule has 0 saturated heterocycles. The van der Waals surface area contributed by atoms with Crippen LogP contribution < -0.4 is 10.6 Å². The average Bonchev–Trinajstić information content (AvgIpc) is 2.64. The molecule has 3 aromatic rings. The van der Waals surface area contributed by atoms with E-state index in [-0.39, 0.29) is 5.54 Å². The van der Waals surface area contributed by atoms with Crippen LogP contribution in [0.4, 0.5) is 0 Å². The molecule has 0 heterocycles. The third kappa shape index (κ3) is 3.99. The molecule has 0 amide bonds. The SMILES string of the molecule is CC(C)(N=C[PH+](c1ccccc1)c1ccccc1)c1ccccc1. The molecule has 2 heteroatoms. The normalized spacial score (nSPS) is 12.0. The number of hydrogen-bond donors (Lipinski definition) is 0. The molecular formula is C22H23NP+. The van der Waals surface area contributed by atoms with Gasteiger partial charge in [-0.05, 0) is 43.7 Å². The Morgan fingerprint density at radius 1 is 0.667 bits per heavy atom. The fourth-order valence-corrected chi connectivity index (χ4v) is 4.88. The fraction of sp³-hybridized carbons (Fsp3) is 0.136. The second-order valence-electron chi connectivity index (χ2n) is 6.33. The summed E-state index contributed by atoms with van der Waals surface area (Å²) in [6.45, 7) is 4.35. The Hall–Kier alpha value is -2.24. The summed E-state index contributed by atoms with van der Waals surface area (Å²) in [5, 5.41) is 2.72. The van der Waals surface area contributed by atoms with Crippen molar-refractivity contribution >= 4 is 24.5 Å². The van der Waals surface area contributed by atoms with Crippen molar-refractivity contribution in [1.82, 2.24) is 0 Å². The highest BCUT2D eigenvalue weighted by Crippen LogP contribution is 2.33. The lowest BCUT2D eigenvalue weighted by Gasteiger charge is -2.19. The first-order valence-corrected chi connectivity index (χ1v) is 9.83. The van der Waals surface area contributed by atoms with E-state index >= 15 is 0 Å². The maximum absolute atomic E-state index is 5.00. The topological polar surface area (TPSA) is 12.4 Å². The molecule has 3 aromatic carbocycles. The van der Waals surface area contributed by atoms with Crippen molar-refractivity contribution in [3.63, 3.8) is 0 Å². The van der Waals surface area contributed by atoms with Gasteiger partial charge in [-0.15, -0.1) is 0 Å². The quantitative estimate of drug-likeness (QED) is 0.469. The van der Waals surface area contributed by atoms with Crippen LogP contribution in [0.1, 0.15) is 19.4 Å². The maximum atomic E-state index is 5.00. The van der Waals surface area contributed by atoms with Crippen LogP contribution in [0.25, 0.3) is 0 Å². The van der Waals surface area contributed by atoms with E-state index < -0.39 is 7.92 Å². The van der Waals surface area contributed by atoms with E-state index in [1.165, 1.54) is 16.2 Å². The van der Waals surface area contributed by atoms with Crippen molar-refractivity contribution in [2.75, 3.05) is 0 Å². The van der Waals surface area contributed by atoms with Crippen molar-refractivity contribution < 1.29 is 0 Å². The molecule has 0 saturated carbocycles. The molecule has 0 aliphatic carbocycles. The summed E-state index contributed by atoms with van der Waals surface area (Å²) in [5.41, 5.74) is 1.02. The van der Waals surface area contributed by atoms with Crippen LogP contribution in [0.15, 0.2) is 96.0 Å². The third-order valence-corrected chi connectivity index (χ3v) is 6.46. The molecule has 1 nitrogen and oxygen atoms in total. The minimum absolute atomic E-state index is 0.221. The summed E-state index contributed by atoms with van der Waals surface area (Å²) in [6.07, 6.45) is 0. The van der Waals surface area contributed by atoms with Crippen LogP contribution >= 0.6 is 7.92 Å². The van der Waals surface area contributed by atoms with Gasteiger partial charge in [0.25, 0.3) is 0 Å². The Morgan fingerprint density at radius 3 is 1.54 bits per heavy atom. The minimum atomic E-state index is -1.03. The van der Waals surface area contributed by atoms with Crippen LogP contribution in [0.2, 0.25) is 0 Å². The highest BCUT2D eigenvalue weighted by Gasteiger charge is 2.24. The van der Waals surface area contributed by atoms with Crippen molar-refractivity contribution in [1.29, 1.82) is 0 Å². The Balaban J connectivity index is 1.95. The zero-order valence-corrected chi connectivity index (χ0v) is 15.2. The summed E-state index contributed by atoms with van der Waals surface area (Å²) < 4.78 is 0. The summed E-state index contributed by atoms with van der Waals surface area (Å²) in [7, 11) is -1.03. The molecular weight excluding hydrogens is 309 g/mol. The van der Waals surface area contributed by atoms with Gasteiger partial charge in [0, 0.05) is 0 Å². The summed E-state index contributed by atoms with van der Waals surface area (Å²) in [6, 6.07) is 31.9. The van der Waals surface area contributed by atoms with E-state index in [9.17, 15) is 0 Å². The Labute approximate surface area is 145 Å². The molecule has 0 fully saturated rings. The van der Waals surface area contributed by atoms with Crippen LogP contribution in [-0.2, 0) is 5.54 Å². The number of nitrogens with zero attached hydrogens (tertiary/aromatic N) is 1. The van der Waals surface area contributed by atoms with Crippen LogP contribution in [0.5, 0.6) is 0 Å². The van der Waals surface area contributed by atoms with Crippen molar-refractivity contribution in [2.45, 2.75) is 19.4 Å². The molecule has 120 valence electrons. The lowest BCUT2D eigenvalue weighted by molar-refractivity contribution is 0.562. The zero-order chi connectivity index (χ0) is 16.8. The molecule has 3 rings (SSSR count). The van der Waals surface area contributed by atoms with E-state index in [2.05, 4.69) is 105 Å². The molecule has 0 aliphatic heterocycles. The minimum Gasteiger partial charge on any atom is -0.247 e. The van der Waals surface area contributed by atoms with E-state index in [1.807, 2.05) is 6.07 Å². The first-order valence-electron chi connectivity index (χ1n) is 8.25. The van der Waals surface area contributed by atoms with E-state index in [0.717, 1.165) is 0 Å². The Morgan fingerprint density at radius 2 is 1.08 bits per heavy atom. The molecule has 0 unspecified atom stereocenters. The summed E-state index contributed by atoms with van der Waals surface area (Å²) >= 11 is 0. The van der Waals surface area contributed by atoms with Gasteiger partial charge in [0.1, 0.15) is 18.5 Å². The monoisotopic (exact) mass is 332 g/mol. The van der Waals surface area contributed by atoms with Crippen LogP contribution in [0, 0.1) is 0 Å². The maximum Gasteiger partial charge on any atom is 0.150 e. The zero-order valence-electron chi connectivity index (χ0n) is 14.2. The number of aliphatic imine (C=N–C) groups is 1. The van der Waals surface area contributed by atoms with Gasteiger partial charge in [-0.1, -0.05) is 66.7 Å². The largest absolute Gasteiger partial charge is 0.247 e. The van der Waals surface area contributed by atoms with E-state index in [0.29, 0.717) is 0 Å². The van der Waals surface area contributed by atoms with Gasteiger partial charge in [-0.25, -0.2) is 4.99 Å². The molecule has 24 heavy (non-hydrogen) atoms. The van der Waals surface area contributed by atoms with E-state index in [1.54, 1.807) is 0 Å². The van der Waals surface area contributed by atoms with Gasteiger partial charge in [-0.3, -0.25) is 0 Å². The van der Waals surface area contributed by atoms with E-state index in [4.69, 9.17) is 4.99 Å². The number of rotatable bonds is 5. The Bertz CT molecular complexity index is 740. The highest BCUT2D eigenvalue weighted by atomic mass is 31.1. The highest BCUT2D eigenvalue weighted by molar-refractivity contribution is 7.86. The van der Waals surface area contributed by atoms with Gasteiger partial charge < -0.3 is 0 Å². The first-order chi connectivity index (χ1) is 11.7. The smallest absolute Gasteiger partial charge is 0.150 e. The van der Waals surface area contributed by atoms with Crippen molar-refractivity contribution in [2.24, 2.45) is 4.99 Å². The molecule has 0 spiro atoms. The van der Waals surface area contributed by atoms with Gasteiger partial charge in [0.15, 0.2) is 5.96 Å². The van der Waals surface area contributed by atoms with Gasteiger partial charge in [0.2, 0.25) is 0 Å². The third-order valence-electron chi connectivity index (χ3n) is 4.17. The standard InChI is InChI=1S/C22H22NP/c1-22(2,19-12-6-3-7-13-19)23-18-24(20-14-8-4-9-15-20)21-16-10-5-11-17-21/h3-18H,1-2H3/p+1. The molecule has 0 N–H and O–H groups in total. The molecule has 0 aromatic heterocycles.